The van der Waals surface area contributed by atoms with Gasteiger partial charge in [0, 0.05) is 41.5 Å². The van der Waals surface area contributed by atoms with Crippen LogP contribution in [-0.2, 0) is 6.42 Å². The fourth-order valence-corrected chi connectivity index (χ4v) is 4.07. The highest BCUT2D eigenvalue weighted by atomic mass is 16.3. The highest BCUT2D eigenvalue weighted by Gasteiger charge is 2.09. The summed E-state index contributed by atoms with van der Waals surface area (Å²) in [6.07, 6.45) is 6.16. The van der Waals surface area contributed by atoms with E-state index in [1.807, 2.05) is 32.0 Å². The van der Waals surface area contributed by atoms with Gasteiger partial charge in [0.1, 0.15) is 17.2 Å². The fourth-order valence-electron chi connectivity index (χ4n) is 4.07. The summed E-state index contributed by atoms with van der Waals surface area (Å²) in [4.78, 5) is 17.5. The van der Waals surface area contributed by atoms with Crippen molar-refractivity contribution in [2.75, 3.05) is 17.6 Å². The summed E-state index contributed by atoms with van der Waals surface area (Å²) < 4.78 is 5.57. The first kappa shape index (κ1) is 21.6. The van der Waals surface area contributed by atoms with Crippen molar-refractivity contribution in [1.82, 2.24) is 19.9 Å². The Morgan fingerprint density at radius 2 is 1.71 bits per heavy atom. The van der Waals surface area contributed by atoms with Gasteiger partial charge in [-0.15, -0.1) is 0 Å². The second-order valence-electron chi connectivity index (χ2n) is 8.47. The van der Waals surface area contributed by atoms with E-state index in [-0.39, 0.29) is 5.95 Å². The predicted molar refractivity (Wildman–Crippen MR) is 136 cm³/mol. The highest BCUT2D eigenvalue weighted by Crippen LogP contribution is 2.28. The quantitative estimate of drug-likeness (QED) is 0.352. The van der Waals surface area contributed by atoms with Crippen molar-refractivity contribution < 1.29 is 4.42 Å². The van der Waals surface area contributed by atoms with Crippen molar-refractivity contribution in [3.8, 4) is 22.4 Å². The van der Waals surface area contributed by atoms with E-state index in [1.165, 1.54) is 11.1 Å². The Kier molecular flexibility index (Phi) is 5.67. The molecule has 0 fully saturated rings. The third-order valence-electron chi connectivity index (χ3n) is 5.91. The maximum absolute atomic E-state index is 5.63. The molecule has 170 valence electrons. The van der Waals surface area contributed by atoms with Gasteiger partial charge in [0.25, 0.3) is 0 Å². The SMILES string of the molecule is Cc1nc(NCCc2ccc(C)c(-c3cnc(N)nc3)c2)cc(-c2ccc3occ(C)c3c2)n1. The van der Waals surface area contributed by atoms with Crippen molar-refractivity contribution in [3.05, 3.63) is 83.6 Å². The van der Waals surface area contributed by atoms with Crippen LogP contribution in [0, 0.1) is 20.8 Å². The van der Waals surface area contributed by atoms with E-state index >= 15 is 0 Å². The summed E-state index contributed by atoms with van der Waals surface area (Å²) >= 11 is 0. The van der Waals surface area contributed by atoms with Crippen LogP contribution in [0.1, 0.15) is 22.5 Å². The third-order valence-corrected chi connectivity index (χ3v) is 5.91. The Hall–Kier alpha value is -4.26. The molecule has 3 heterocycles. The lowest BCUT2D eigenvalue weighted by Crippen LogP contribution is -2.08. The first-order valence-corrected chi connectivity index (χ1v) is 11.2. The number of hydrogen-bond donors (Lipinski definition) is 2. The lowest BCUT2D eigenvalue weighted by atomic mass is 9.99. The molecule has 0 unspecified atom stereocenters. The topological polar surface area (TPSA) is 103 Å². The minimum atomic E-state index is 0.279. The molecule has 0 aliphatic rings. The smallest absolute Gasteiger partial charge is 0.219 e. The molecule has 0 aliphatic heterocycles. The lowest BCUT2D eigenvalue weighted by Gasteiger charge is -2.11. The zero-order valence-electron chi connectivity index (χ0n) is 19.5. The molecule has 5 rings (SSSR count). The summed E-state index contributed by atoms with van der Waals surface area (Å²) in [6, 6.07) is 14.6. The molecule has 0 saturated heterocycles. The lowest BCUT2D eigenvalue weighted by molar-refractivity contribution is 0.613. The van der Waals surface area contributed by atoms with Crippen LogP contribution >= 0.6 is 0 Å². The molecule has 2 aromatic carbocycles. The van der Waals surface area contributed by atoms with E-state index in [2.05, 4.69) is 56.4 Å². The average Bonchev–Trinajstić information content (AvgIpc) is 3.20. The molecule has 0 bridgehead atoms. The number of fused-ring (bicyclic) bond motifs is 1. The molecule has 0 amide bonds. The summed E-state index contributed by atoms with van der Waals surface area (Å²) in [5.74, 6) is 1.82. The van der Waals surface area contributed by atoms with E-state index < -0.39 is 0 Å². The van der Waals surface area contributed by atoms with Crippen LogP contribution in [0.4, 0.5) is 11.8 Å². The second-order valence-corrected chi connectivity index (χ2v) is 8.47. The first-order chi connectivity index (χ1) is 16.5. The van der Waals surface area contributed by atoms with Crippen LogP contribution in [0.25, 0.3) is 33.4 Å². The zero-order valence-corrected chi connectivity index (χ0v) is 19.5. The van der Waals surface area contributed by atoms with Crippen LogP contribution in [0.2, 0.25) is 0 Å². The monoisotopic (exact) mass is 450 g/mol. The standard InChI is InChI=1S/C27H26N6O/c1-16-4-5-19(10-22(16)21-13-30-27(28)31-14-21)8-9-29-26-12-24(32-18(3)33-26)20-6-7-25-23(11-20)17(2)15-34-25/h4-7,10-15H,8-9H2,1-3H3,(H2,28,30,31)(H,29,32,33). The van der Waals surface area contributed by atoms with Crippen molar-refractivity contribution in [1.29, 1.82) is 0 Å². The van der Waals surface area contributed by atoms with E-state index in [0.29, 0.717) is 0 Å². The molecular formula is C27H26N6O. The molecule has 7 heteroatoms. The summed E-state index contributed by atoms with van der Waals surface area (Å²) in [6.45, 7) is 6.79. The Bertz CT molecular complexity index is 1470. The maximum Gasteiger partial charge on any atom is 0.219 e. The number of benzene rings is 2. The molecular weight excluding hydrogens is 424 g/mol. The van der Waals surface area contributed by atoms with Crippen molar-refractivity contribution in [2.45, 2.75) is 27.2 Å². The zero-order chi connectivity index (χ0) is 23.7. The summed E-state index contributed by atoms with van der Waals surface area (Å²) in [7, 11) is 0. The average molecular weight is 451 g/mol. The van der Waals surface area contributed by atoms with Crippen LogP contribution in [0.15, 0.2) is 65.5 Å². The van der Waals surface area contributed by atoms with Crippen molar-refractivity contribution >= 4 is 22.7 Å². The van der Waals surface area contributed by atoms with Crippen LogP contribution in [0.3, 0.4) is 0 Å². The van der Waals surface area contributed by atoms with Gasteiger partial charge in [0.15, 0.2) is 0 Å². The molecule has 3 aromatic heterocycles. The number of aromatic nitrogens is 4. The molecule has 0 aliphatic carbocycles. The molecule has 0 radical (unpaired) electrons. The van der Waals surface area contributed by atoms with Gasteiger partial charge in [-0.05, 0) is 67.6 Å². The van der Waals surface area contributed by atoms with Gasteiger partial charge in [-0.25, -0.2) is 19.9 Å². The number of nitrogen functional groups attached to an aromatic ring is 1. The van der Waals surface area contributed by atoms with Gasteiger partial charge in [-0.3, -0.25) is 0 Å². The third kappa shape index (κ3) is 4.45. The second kappa shape index (κ2) is 8.94. The first-order valence-electron chi connectivity index (χ1n) is 11.2. The molecule has 3 N–H and O–H groups in total. The molecule has 0 saturated carbocycles. The van der Waals surface area contributed by atoms with E-state index in [1.54, 1.807) is 18.7 Å². The minimum absolute atomic E-state index is 0.279. The van der Waals surface area contributed by atoms with Crippen LogP contribution < -0.4 is 11.1 Å². The van der Waals surface area contributed by atoms with E-state index in [4.69, 9.17) is 10.2 Å². The molecule has 7 nitrogen and oxygen atoms in total. The van der Waals surface area contributed by atoms with Crippen LogP contribution in [0.5, 0.6) is 0 Å². The largest absolute Gasteiger partial charge is 0.464 e. The number of aryl methyl sites for hydroxylation is 3. The fraction of sp³-hybridized carbons (Fsp3) is 0.185. The summed E-state index contributed by atoms with van der Waals surface area (Å²) in [5, 5.41) is 4.56. The minimum Gasteiger partial charge on any atom is -0.464 e. The number of furan rings is 1. The molecule has 5 aromatic rings. The Balaban J connectivity index is 1.32. The van der Waals surface area contributed by atoms with Crippen molar-refractivity contribution in [3.63, 3.8) is 0 Å². The van der Waals surface area contributed by atoms with Gasteiger partial charge in [0.2, 0.25) is 5.95 Å². The number of anilines is 2. The number of nitrogens with two attached hydrogens (primary N) is 1. The normalized spacial score (nSPS) is 11.1. The number of nitrogens with zero attached hydrogens (tertiary/aromatic N) is 4. The maximum atomic E-state index is 5.63. The molecule has 34 heavy (non-hydrogen) atoms. The van der Waals surface area contributed by atoms with E-state index in [9.17, 15) is 0 Å². The van der Waals surface area contributed by atoms with E-state index in [0.717, 1.165) is 63.5 Å². The Morgan fingerprint density at radius 1 is 0.882 bits per heavy atom. The van der Waals surface area contributed by atoms with Gasteiger partial charge in [0.05, 0.1) is 12.0 Å². The van der Waals surface area contributed by atoms with Gasteiger partial charge in [-0.2, -0.15) is 0 Å². The molecule has 0 spiro atoms. The van der Waals surface area contributed by atoms with Crippen LogP contribution in [-0.4, -0.2) is 26.5 Å². The Morgan fingerprint density at radius 3 is 2.53 bits per heavy atom. The molecule has 0 atom stereocenters. The predicted octanol–water partition coefficient (Wildman–Crippen LogP) is 5.51. The van der Waals surface area contributed by atoms with Gasteiger partial charge < -0.3 is 15.5 Å². The van der Waals surface area contributed by atoms with Gasteiger partial charge in [-0.1, -0.05) is 18.2 Å². The summed E-state index contributed by atoms with van der Waals surface area (Å²) in [5.41, 5.74) is 14.0. The highest BCUT2D eigenvalue weighted by molar-refractivity contribution is 5.85. The Labute approximate surface area is 198 Å². The number of hydrogen-bond acceptors (Lipinski definition) is 7. The van der Waals surface area contributed by atoms with Crippen molar-refractivity contribution in [2.24, 2.45) is 0 Å². The van der Waals surface area contributed by atoms with Gasteiger partial charge >= 0.3 is 0 Å². The number of rotatable bonds is 6. The number of nitrogens with one attached hydrogen (secondary N) is 1.